The van der Waals surface area contributed by atoms with E-state index < -0.39 is 72.1 Å². The van der Waals surface area contributed by atoms with Crippen molar-refractivity contribution in [3.63, 3.8) is 0 Å². The number of likely N-dealkylation sites (tertiary alicyclic amines) is 1. The molecule has 3 atom stereocenters. The number of hydrogen-bond acceptors (Lipinski definition) is 11. The van der Waals surface area contributed by atoms with Gasteiger partial charge in [0.05, 0.1) is 32.3 Å². The van der Waals surface area contributed by atoms with Crippen molar-refractivity contribution in [2.24, 2.45) is 17.4 Å². The Kier molecular flexibility index (Phi) is 16.5. The molecule has 0 bridgehead atoms. The molecule has 0 spiro atoms. The van der Waals surface area contributed by atoms with Gasteiger partial charge in [-0.3, -0.25) is 38.5 Å². The molecule has 1 saturated heterocycles. The van der Waals surface area contributed by atoms with E-state index in [4.69, 9.17) is 20.9 Å². The van der Waals surface area contributed by atoms with E-state index in [1.807, 2.05) is 6.92 Å². The fourth-order valence-corrected chi connectivity index (χ4v) is 4.90. The van der Waals surface area contributed by atoms with E-state index in [1.54, 1.807) is 38.1 Å². The third kappa shape index (κ3) is 12.6. The number of amides is 8. The number of ether oxygens (including phenoxy) is 2. The van der Waals surface area contributed by atoms with Crippen LogP contribution < -0.4 is 32.7 Å². The third-order valence-corrected chi connectivity index (χ3v) is 7.37. The lowest BCUT2D eigenvalue weighted by molar-refractivity contribution is -0.147. The zero-order valence-corrected chi connectivity index (χ0v) is 28.6. The van der Waals surface area contributed by atoms with Crippen LogP contribution in [0.3, 0.4) is 0 Å². The van der Waals surface area contributed by atoms with Crippen molar-refractivity contribution in [3.8, 4) is 0 Å². The van der Waals surface area contributed by atoms with Crippen LogP contribution in [0.4, 0.5) is 10.5 Å². The third-order valence-electron chi connectivity index (χ3n) is 7.37. The SMILES string of the molecule is CCCNC(N)=O.COCC1CC(N2C(=O)C=CC2=O)C(=O)N1CC(=O)NC(C(=O)NCC(=O)Nc1ccc(COC(=O)CN)cc1)C(C)C. The van der Waals surface area contributed by atoms with Crippen molar-refractivity contribution in [1.29, 1.82) is 0 Å². The van der Waals surface area contributed by atoms with Crippen LogP contribution in [0.2, 0.25) is 0 Å². The Hall–Kier alpha value is -5.36. The van der Waals surface area contributed by atoms with E-state index >= 15 is 0 Å². The number of nitrogens with two attached hydrogens (primary N) is 2. The van der Waals surface area contributed by atoms with Gasteiger partial charge in [-0.05, 0) is 30.0 Å². The van der Waals surface area contributed by atoms with Gasteiger partial charge in [0.25, 0.3) is 11.8 Å². The number of nitrogens with zero attached hydrogens (tertiary/aromatic N) is 2. The van der Waals surface area contributed by atoms with Gasteiger partial charge < -0.3 is 47.1 Å². The van der Waals surface area contributed by atoms with Crippen LogP contribution in [-0.4, -0.2) is 115 Å². The summed E-state index contributed by atoms with van der Waals surface area (Å²) in [7, 11) is 1.43. The molecule has 18 heteroatoms. The van der Waals surface area contributed by atoms with E-state index in [1.165, 1.54) is 12.0 Å². The summed E-state index contributed by atoms with van der Waals surface area (Å²) in [5.41, 5.74) is 11.1. The van der Waals surface area contributed by atoms with Crippen molar-refractivity contribution >= 4 is 53.1 Å². The van der Waals surface area contributed by atoms with Gasteiger partial charge in [-0.15, -0.1) is 0 Å². The lowest BCUT2D eigenvalue weighted by atomic mass is 10.0. The van der Waals surface area contributed by atoms with Crippen LogP contribution in [0, 0.1) is 5.92 Å². The molecule has 3 unspecified atom stereocenters. The van der Waals surface area contributed by atoms with Crippen molar-refractivity contribution in [2.45, 2.75) is 58.3 Å². The fourth-order valence-electron chi connectivity index (χ4n) is 4.90. The Morgan fingerprint density at radius 2 is 1.62 bits per heavy atom. The highest BCUT2D eigenvalue weighted by atomic mass is 16.5. The number of primary amides is 1. The number of carbonyl (C=O) groups is 8. The lowest BCUT2D eigenvalue weighted by Gasteiger charge is -2.26. The smallest absolute Gasteiger partial charge is 0.320 e. The first-order valence-corrected chi connectivity index (χ1v) is 15.9. The summed E-state index contributed by atoms with van der Waals surface area (Å²) < 4.78 is 10.1. The molecule has 3 rings (SSSR count). The van der Waals surface area contributed by atoms with Crippen LogP contribution in [0.25, 0.3) is 0 Å². The molecule has 1 aromatic rings. The molecule has 8 N–H and O–H groups in total. The van der Waals surface area contributed by atoms with Gasteiger partial charge in [-0.1, -0.05) is 32.9 Å². The molecule has 274 valence electrons. The summed E-state index contributed by atoms with van der Waals surface area (Å²) in [5, 5.41) is 10.2. The average molecular weight is 703 g/mol. The molecule has 18 nitrogen and oxygen atoms in total. The Morgan fingerprint density at radius 3 is 2.14 bits per heavy atom. The molecular formula is C32H46N8O10. The molecular weight excluding hydrogens is 656 g/mol. The van der Waals surface area contributed by atoms with E-state index in [0.29, 0.717) is 17.8 Å². The van der Waals surface area contributed by atoms with Gasteiger partial charge in [0.1, 0.15) is 18.7 Å². The second-order valence-corrected chi connectivity index (χ2v) is 11.6. The number of benzene rings is 1. The minimum atomic E-state index is -1.06. The minimum absolute atomic E-state index is 0.0391. The Bertz CT molecular complexity index is 1410. The molecule has 1 fully saturated rings. The summed E-state index contributed by atoms with van der Waals surface area (Å²) in [5.74, 6) is -4.44. The monoisotopic (exact) mass is 702 g/mol. The maximum absolute atomic E-state index is 13.1. The summed E-state index contributed by atoms with van der Waals surface area (Å²) in [6, 6.07) is 3.44. The number of rotatable bonds is 16. The van der Waals surface area contributed by atoms with Crippen molar-refractivity contribution in [3.05, 3.63) is 42.0 Å². The number of imide groups is 1. The summed E-state index contributed by atoms with van der Waals surface area (Å²) in [4.78, 5) is 98.8. The number of esters is 1. The van der Waals surface area contributed by atoms with Crippen LogP contribution in [0.1, 0.15) is 39.2 Å². The van der Waals surface area contributed by atoms with Crippen molar-refractivity contribution in [1.82, 2.24) is 25.8 Å². The van der Waals surface area contributed by atoms with Crippen LogP contribution in [0.15, 0.2) is 36.4 Å². The molecule has 1 aromatic carbocycles. The quantitative estimate of drug-likeness (QED) is 0.0852. The molecule has 8 amide bonds. The highest BCUT2D eigenvalue weighted by Gasteiger charge is 2.47. The highest BCUT2D eigenvalue weighted by molar-refractivity contribution is 6.15. The van der Waals surface area contributed by atoms with Gasteiger partial charge in [-0.25, -0.2) is 4.79 Å². The normalized spacial score (nSPS) is 17.2. The van der Waals surface area contributed by atoms with Gasteiger partial charge in [-0.2, -0.15) is 0 Å². The van der Waals surface area contributed by atoms with E-state index in [2.05, 4.69) is 21.3 Å². The van der Waals surface area contributed by atoms with Gasteiger partial charge >= 0.3 is 12.0 Å². The average Bonchev–Trinajstić information content (AvgIpc) is 3.56. The zero-order valence-electron chi connectivity index (χ0n) is 28.6. The molecule has 50 heavy (non-hydrogen) atoms. The molecule has 2 aliphatic heterocycles. The topological polar surface area (TPSA) is 262 Å². The molecule has 0 aliphatic carbocycles. The Labute approximate surface area is 289 Å². The van der Waals surface area contributed by atoms with Crippen molar-refractivity contribution in [2.75, 3.05) is 45.2 Å². The summed E-state index contributed by atoms with van der Waals surface area (Å²) >= 11 is 0. The van der Waals surface area contributed by atoms with Crippen LogP contribution in [0.5, 0.6) is 0 Å². The highest BCUT2D eigenvalue weighted by Crippen LogP contribution is 2.26. The number of anilines is 1. The first kappa shape index (κ1) is 40.8. The molecule has 2 heterocycles. The molecule has 0 aromatic heterocycles. The maximum atomic E-state index is 13.1. The largest absolute Gasteiger partial charge is 0.460 e. The first-order valence-electron chi connectivity index (χ1n) is 15.9. The predicted octanol–water partition coefficient (Wildman–Crippen LogP) is -1.51. The van der Waals surface area contributed by atoms with Crippen LogP contribution >= 0.6 is 0 Å². The fraction of sp³-hybridized carbons (Fsp3) is 0.500. The number of methoxy groups -OCH3 is 1. The molecule has 0 saturated carbocycles. The maximum Gasteiger partial charge on any atom is 0.320 e. The minimum Gasteiger partial charge on any atom is -0.460 e. The van der Waals surface area contributed by atoms with Crippen LogP contribution in [-0.2, 0) is 49.6 Å². The second-order valence-electron chi connectivity index (χ2n) is 11.6. The zero-order chi connectivity index (χ0) is 37.4. The number of carbonyl (C=O) groups excluding carboxylic acids is 8. The molecule has 2 aliphatic rings. The summed E-state index contributed by atoms with van der Waals surface area (Å²) in [6.07, 6.45) is 3.21. The Morgan fingerprint density at radius 1 is 0.980 bits per heavy atom. The number of urea groups is 1. The van der Waals surface area contributed by atoms with Gasteiger partial charge in [0.15, 0.2) is 0 Å². The van der Waals surface area contributed by atoms with Gasteiger partial charge in [0.2, 0.25) is 23.6 Å². The Balaban J connectivity index is 0.00000112. The summed E-state index contributed by atoms with van der Waals surface area (Å²) in [6.45, 7) is 5.15. The number of nitrogens with one attached hydrogen (secondary N) is 4. The predicted molar refractivity (Wildman–Crippen MR) is 178 cm³/mol. The lowest BCUT2D eigenvalue weighted by Crippen LogP contribution is -2.54. The first-order chi connectivity index (χ1) is 23.7. The van der Waals surface area contributed by atoms with E-state index in [9.17, 15) is 38.4 Å². The van der Waals surface area contributed by atoms with E-state index in [-0.39, 0.29) is 38.6 Å². The van der Waals surface area contributed by atoms with Gasteiger partial charge in [0, 0.05) is 37.9 Å². The van der Waals surface area contributed by atoms with Crippen molar-refractivity contribution < 1.29 is 47.8 Å². The molecule has 0 radical (unpaired) electrons. The second kappa shape index (κ2) is 20.2. The number of hydrogen-bond donors (Lipinski definition) is 6. The standard InChI is InChI=1S/C28H36N6O9.C4H10N2O/c1-16(2)26(27(40)30-12-21(35)31-18-6-4-17(5-7-18)14-43-25(39)11-29)32-22(36)13-33-19(15-42-3)10-20(28(33)41)34-23(37)8-9-24(34)38;1-2-3-6-4(5)7/h4-9,16,19-20,26H,10-15,29H2,1-3H3,(H,30,40)(H,31,35)(H,32,36);2-3H2,1H3,(H3,5,6,7). The van der Waals surface area contributed by atoms with E-state index in [0.717, 1.165) is 23.5 Å².